The van der Waals surface area contributed by atoms with Gasteiger partial charge in [-0.05, 0) is 31.7 Å². The molecule has 0 radical (unpaired) electrons. The summed E-state index contributed by atoms with van der Waals surface area (Å²) in [5.41, 5.74) is 0.594. The summed E-state index contributed by atoms with van der Waals surface area (Å²) in [7, 11) is 0. The van der Waals surface area contributed by atoms with Gasteiger partial charge in [0.25, 0.3) is 0 Å². The molecule has 1 nitrogen and oxygen atoms in total. The summed E-state index contributed by atoms with van der Waals surface area (Å²) >= 11 is 0. The first-order valence-corrected chi connectivity index (χ1v) is 6.08. The smallest absolute Gasteiger partial charge is 0.0219 e. The lowest BCUT2D eigenvalue weighted by Crippen LogP contribution is -2.60. The van der Waals surface area contributed by atoms with Crippen LogP contribution in [0.15, 0.2) is 0 Å². The fourth-order valence-corrected chi connectivity index (χ4v) is 2.67. The minimum absolute atomic E-state index is 0.594. The molecule has 0 aromatic heterocycles. The predicted molar refractivity (Wildman–Crippen MR) is 58.9 cm³/mol. The Morgan fingerprint density at radius 1 is 1.08 bits per heavy atom. The highest BCUT2D eigenvalue weighted by molar-refractivity contribution is 5.00. The molecule has 2 rings (SSSR count). The molecular weight excluding hydrogens is 158 g/mol. The highest BCUT2D eigenvalue weighted by Gasteiger charge is 2.41. The zero-order chi connectivity index (χ0) is 9.73. The average molecular weight is 183 g/mol. The van der Waals surface area contributed by atoms with Gasteiger partial charge < -0.3 is 5.32 Å². The maximum Gasteiger partial charge on any atom is 0.0219 e. The first-order valence-electron chi connectivity index (χ1n) is 6.08. The molecular formula is C12H25N. The van der Waals surface area contributed by atoms with E-state index in [9.17, 15) is 0 Å². The number of rotatable bonds is 0. The second-order valence-electron chi connectivity index (χ2n) is 4.33. The van der Waals surface area contributed by atoms with E-state index in [1.54, 1.807) is 0 Å². The summed E-state index contributed by atoms with van der Waals surface area (Å²) < 4.78 is 0. The molecule has 13 heavy (non-hydrogen) atoms. The third-order valence-corrected chi connectivity index (χ3v) is 3.75. The van der Waals surface area contributed by atoms with Crippen molar-refractivity contribution in [2.75, 3.05) is 6.54 Å². The lowest BCUT2D eigenvalue weighted by molar-refractivity contribution is 0.119. The van der Waals surface area contributed by atoms with Crippen molar-refractivity contribution in [1.82, 2.24) is 5.32 Å². The molecule has 1 aliphatic heterocycles. The summed E-state index contributed by atoms with van der Waals surface area (Å²) in [5, 5.41) is 3.65. The summed E-state index contributed by atoms with van der Waals surface area (Å²) in [5.74, 6) is 0.929. The number of hydrogen-bond acceptors (Lipinski definition) is 1. The Morgan fingerprint density at radius 2 is 1.77 bits per heavy atom. The minimum Gasteiger partial charge on any atom is -0.311 e. The van der Waals surface area contributed by atoms with E-state index in [0.29, 0.717) is 5.54 Å². The van der Waals surface area contributed by atoms with Gasteiger partial charge in [0, 0.05) is 5.54 Å². The third-order valence-electron chi connectivity index (χ3n) is 3.75. The summed E-state index contributed by atoms with van der Waals surface area (Å²) in [6, 6.07) is 0. The molecule has 1 N–H and O–H groups in total. The van der Waals surface area contributed by atoms with E-state index in [2.05, 4.69) is 12.2 Å². The number of nitrogens with one attached hydrogen (secondary N) is 1. The molecule has 1 saturated carbocycles. The minimum atomic E-state index is 0.594. The standard InChI is InChI=1S/C10H19N.C2H6/c1-9-5-3-2-4-6-10(9)7-8-11-10;1-2/h9,11H,2-8H2,1H3;1-2H3. The van der Waals surface area contributed by atoms with Crippen molar-refractivity contribution in [1.29, 1.82) is 0 Å². The molecule has 2 fully saturated rings. The zero-order valence-electron chi connectivity index (χ0n) is 9.53. The Kier molecular flexibility index (Phi) is 4.24. The molecule has 1 heteroatoms. The molecule has 0 amide bonds. The van der Waals surface area contributed by atoms with Gasteiger partial charge in [-0.15, -0.1) is 0 Å². The van der Waals surface area contributed by atoms with Crippen LogP contribution in [0.25, 0.3) is 0 Å². The molecule has 2 atom stereocenters. The third kappa shape index (κ3) is 2.25. The van der Waals surface area contributed by atoms with Crippen LogP contribution in [0.1, 0.15) is 59.3 Å². The van der Waals surface area contributed by atoms with Gasteiger partial charge in [0.2, 0.25) is 0 Å². The van der Waals surface area contributed by atoms with Crippen LogP contribution in [0.2, 0.25) is 0 Å². The highest BCUT2D eigenvalue weighted by Crippen LogP contribution is 2.38. The molecule has 1 aliphatic carbocycles. The second kappa shape index (κ2) is 4.99. The topological polar surface area (TPSA) is 12.0 Å². The molecule has 0 aromatic carbocycles. The van der Waals surface area contributed by atoms with E-state index in [1.165, 1.54) is 45.1 Å². The second-order valence-corrected chi connectivity index (χ2v) is 4.33. The zero-order valence-corrected chi connectivity index (χ0v) is 9.53. The first-order chi connectivity index (χ1) is 6.33. The van der Waals surface area contributed by atoms with Crippen LogP contribution in [0.3, 0.4) is 0 Å². The Labute approximate surface area is 83.3 Å². The Bertz CT molecular complexity index is 138. The molecule has 1 spiro atoms. The molecule has 2 aliphatic rings. The molecule has 1 saturated heterocycles. The summed E-state index contributed by atoms with van der Waals surface area (Å²) in [6.45, 7) is 7.70. The van der Waals surface area contributed by atoms with Crippen LogP contribution in [-0.2, 0) is 0 Å². The quantitative estimate of drug-likeness (QED) is 0.607. The van der Waals surface area contributed by atoms with Crippen molar-refractivity contribution in [2.24, 2.45) is 5.92 Å². The van der Waals surface area contributed by atoms with Gasteiger partial charge in [0.15, 0.2) is 0 Å². The van der Waals surface area contributed by atoms with E-state index < -0.39 is 0 Å². The van der Waals surface area contributed by atoms with Crippen molar-refractivity contribution < 1.29 is 0 Å². The van der Waals surface area contributed by atoms with E-state index >= 15 is 0 Å². The fourth-order valence-electron chi connectivity index (χ4n) is 2.67. The summed E-state index contributed by atoms with van der Waals surface area (Å²) in [4.78, 5) is 0. The highest BCUT2D eigenvalue weighted by atomic mass is 15.1. The predicted octanol–water partition coefficient (Wildman–Crippen LogP) is 3.34. The van der Waals surface area contributed by atoms with Crippen molar-refractivity contribution in [3.05, 3.63) is 0 Å². The monoisotopic (exact) mass is 183 g/mol. The molecule has 78 valence electrons. The van der Waals surface area contributed by atoms with Gasteiger partial charge >= 0.3 is 0 Å². The molecule has 2 unspecified atom stereocenters. The van der Waals surface area contributed by atoms with Crippen LogP contribution >= 0.6 is 0 Å². The SMILES string of the molecule is CC.CC1CCCCCC12CCN2. The average Bonchev–Trinajstić information content (AvgIpc) is 2.29. The van der Waals surface area contributed by atoms with Gasteiger partial charge in [-0.2, -0.15) is 0 Å². The van der Waals surface area contributed by atoms with E-state index in [4.69, 9.17) is 0 Å². The largest absolute Gasteiger partial charge is 0.311 e. The van der Waals surface area contributed by atoms with Crippen molar-refractivity contribution in [3.8, 4) is 0 Å². The Morgan fingerprint density at radius 3 is 2.31 bits per heavy atom. The van der Waals surface area contributed by atoms with E-state index in [-0.39, 0.29) is 0 Å². The van der Waals surface area contributed by atoms with Gasteiger partial charge in [-0.3, -0.25) is 0 Å². The van der Waals surface area contributed by atoms with Gasteiger partial charge in [-0.25, -0.2) is 0 Å². The van der Waals surface area contributed by atoms with Crippen LogP contribution in [0.4, 0.5) is 0 Å². The van der Waals surface area contributed by atoms with Crippen LogP contribution in [0, 0.1) is 5.92 Å². The van der Waals surface area contributed by atoms with Gasteiger partial charge in [0.05, 0.1) is 0 Å². The number of hydrogen-bond donors (Lipinski definition) is 1. The van der Waals surface area contributed by atoms with Crippen LogP contribution < -0.4 is 5.32 Å². The van der Waals surface area contributed by atoms with Crippen molar-refractivity contribution >= 4 is 0 Å². The fraction of sp³-hybridized carbons (Fsp3) is 1.00. The van der Waals surface area contributed by atoms with Gasteiger partial charge in [-0.1, -0.05) is 40.0 Å². The first kappa shape index (κ1) is 11.0. The molecule has 0 aromatic rings. The maximum atomic E-state index is 3.65. The summed E-state index contributed by atoms with van der Waals surface area (Å²) in [6.07, 6.45) is 8.71. The van der Waals surface area contributed by atoms with Crippen LogP contribution in [0.5, 0.6) is 0 Å². The Hall–Kier alpha value is -0.0400. The van der Waals surface area contributed by atoms with E-state index in [1.807, 2.05) is 13.8 Å². The normalized spacial score (nSPS) is 38.5. The lowest BCUT2D eigenvalue weighted by Gasteiger charge is -2.47. The maximum absolute atomic E-state index is 3.65. The lowest BCUT2D eigenvalue weighted by atomic mass is 9.74. The van der Waals surface area contributed by atoms with Gasteiger partial charge in [0.1, 0.15) is 0 Å². The molecule has 0 bridgehead atoms. The Balaban J connectivity index is 0.000000396. The molecule has 1 heterocycles. The van der Waals surface area contributed by atoms with Crippen LogP contribution in [-0.4, -0.2) is 12.1 Å². The van der Waals surface area contributed by atoms with Crippen molar-refractivity contribution in [3.63, 3.8) is 0 Å². The van der Waals surface area contributed by atoms with E-state index in [0.717, 1.165) is 5.92 Å². The van der Waals surface area contributed by atoms with Crippen molar-refractivity contribution in [2.45, 2.75) is 64.8 Å².